The van der Waals surface area contributed by atoms with Crippen molar-refractivity contribution in [2.24, 2.45) is 0 Å². The first-order valence-corrected chi connectivity index (χ1v) is 4.85. The van der Waals surface area contributed by atoms with Gasteiger partial charge in [0, 0.05) is 25.4 Å². The first kappa shape index (κ1) is 8.57. The average Bonchev–Trinajstić information content (AvgIpc) is 2.58. The number of hydrogen-bond donors (Lipinski definition) is 1. The van der Waals surface area contributed by atoms with Crippen LogP contribution in [0.25, 0.3) is 0 Å². The molecule has 0 amide bonds. The standard InChI is InChI=1S/C11H15NO/c13-9-3-7-12-8-6-10-4-1-2-5-11(10)12/h1-2,4-5,13H,3,6-9H2. The molecule has 70 valence electrons. The molecule has 1 heterocycles. The Morgan fingerprint density at radius 1 is 1.31 bits per heavy atom. The summed E-state index contributed by atoms with van der Waals surface area (Å²) in [6.07, 6.45) is 2.02. The predicted octanol–water partition coefficient (Wildman–Crippen LogP) is 1.43. The van der Waals surface area contributed by atoms with Crippen LogP contribution in [0.1, 0.15) is 12.0 Å². The third-order valence-corrected chi connectivity index (χ3v) is 2.57. The minimum atomic E-state index is 0.290. The van der Waals surface area contributed by atoms with Crippen molar-refractivity contribution < 1.29 is 5.11 Å². The molecule has 2 rings (SSSR count). The van der Waals surface area contributed by atoms with E-state index in [1.807, 2.05) is 0 Å². The fraction of sp³-hybridized carbons (Fsp3) is 0.455. The maximum absolute atomic E-state index is 8.75. The lowest BCUT2D eigenvalue weighted by molar-refractivity contribution is 0.290. The monoisotopic (exact) mass is 177 g/mol. The van der Waals surface area contributed by atoms with Crippen LogP contribution in [0.4, 0.5) is 5.69 Å². The fourth-order valence-corrected chi connectivity index (χ4v) is 1.90. The SMILES string of the molecule is OCCCN1CCc2ccccc21. The smallest absolute Gasteiger partial charge is 0.0447 e. The van der Waals surface area contributed by atoms with Crippen molar-refractivity contribution >= 4 is 5.69 Å². The molecule has 2 nitrogen and oxygen atoms in total. The van der Waals surface area contributed by atoms with E-state index in [2.05, 4.69) is 29.2 Å². The second kappa shape index (κ2) is 3.79. The van der Waals surface area contributed by atoms with Crippen molar-refractivity contribution in [1.82, 2.24) is 0 Å². The van der Waals surface area contributed by atoms with Crippen molar-refractivity contribution in [3.8, 4) is 0 Å². The lowest BCUT2D eigenvalue weighted by atomic mass is 10.2. The summed E-state index contributed by atoms with van der Waals surface area (Å²) in [4.78, 5) is 2.35. The van der Waals surface area contributed by atoms with Crippen molar-refractivity contribution in [2.75, 3.05) is 24.6 Å². The van der Waals surface area contributed by atoms with Gasteiger partial charge in [-0.15, -0.1) is 0 Å². The molecule has 2 heteroatoms. The van der Waals surface area contributed by atoms with Crippen molar-refractivity contribution in [1.29, 1.82) is 0 Å². The molecule has 0 radical (unpaired) electrons. The fourth-order valence-electron chi connectivity index (χ4n) is 1.90. The van der Waals surface area contributed by atoms with Crippen LogP contribution in [0.15, 0.2) is 24.3 Å². The molecular weight excluding hydrogens is 162 g/mol. The van der Waals surface area contributed by atoms with Gasteiger partial charge >= 0.3 is 0 Å². The molecule has 13 heavy (non-hydrogen) atoms. The summed E-state index contributed by atoms with van der Waals surface area (Å²) in [5, 5.41) is 8.75. The van der Waals surface area contributed by atoms with E-state index in [0.29, 0.717) is 6.61 Å². The summed E-state index contributed by atoms with van der Waals surface area (Å²) in [6.45, 7) is 2.38. The Hall–Kier alpha value is -1.02. The Bertz CT molecular complexity index is 285. The number of aliphatic hydroxyl groups excluding tert-OH is 1. The molecule has 1 aromatic carbocycles. The van der Waals surface area contributed by atoms with Gasteiger partial charge in [0.15, 0.2) is 0 Å². The van der Waals surface area contributed by atoms with Crippen molar-refractivity contribution in [3.63, 3.8) is 0 Å². The number of hydrogen-bond acceptors (Lipinski definition) is 2. The van der Waals surface area contributed by atoms with E-state index in [4.69, 9.17) is 5.11 Å². The molecule has 0 saturated heterocycles. The highest BCUT2D eigenvalue weighted by Gasteiger charge is 2.16. The third-order valence-electron chi connectivity index (χ3n) is 2.57. The Labute approximate surface area is 78.8 Å². The Kier molecular flexibility index (Phi) is 2.50. The first-order chi connectivity index (χ1) is 6.42. The maximum atomic E-state index is 8.75. The van der Waals surface area contributed by atoms with Gasteiger partial charge in [0.2, 0.25) is 0 Å². The van der Waals surface area contributed by atoms with Crippen LogP contribution in [0, 0.1) is 0 Å². The summed E-state index contributed by atoms with van der Waals surface area (Å²) in [5.74, 6) is 0. The minimum absolute atomic E-state index is 0.290. The topological polar surface area (TPSA) is 23.5 Å². The van der Waals surface area contributed by atoms with Gasteiger partial charge in [-0.3, -0.25) is 0 Å². The van der Waals surface area contributed by atoms with Crippen molar-refractivity contribution in [3.05, 3.63) is 29.8 Å². The normalized spacial score (nSPS) is 14.7. The second-order valence-electron chi connectivity index (χ2n) is 3.44. The quantitative estimate of drug-likeness (QED) is 0.755. The van der Waals surface area contributed by atoms with E-state index in [1.165, 1.54) is 11.3 Å². The van der Waals surface area contributed by atoms with Crippen LogP contribution in [-0.2, 0) is 6.42 Å². The highest BCUT2D eigenvalue weighted by Crippen LogP contribution is 2.26. The maximum Gasteiger partial charge on any atom is 0.0447 e. The van der Waals surface area contributed by atoms with Gasteiger partial charge in [0.05, 0.1) is 0 Å². The lowest BCUT2D eigenvalue weighted by Crippen LogP contribution is -2.22. The molecule has 1 aromatic rings. The van der Waals surface area contributed by atoms with Gasteiger partial charge in [0.1, 0.15) is 0 Å². The van der Waals surface area contributed by atoms with Gasteiger partial charge in [-0.25, -0.2) is 0 Å². The summed E-state index contributed by atoms with van der Waals surface area (Å²) >= 11 is 0. The highest BCUT2D eigenvalue weighted by atomic mass is 16.3. The van der Waals surface area contributed by atoms with Crippen LogP contribution in [0.2, 0.25) is 0 Å². The Morgan fingerprint density at radius 2 is 2.15 bits per heavy atom. The number of para-hydroxylation sites is 1. The summed E-state index contributed by atoms with van der Waals surface area (Å²) < 4.78 is 0. The number of benzene rings is 1. The van der Waals surface area contributed by atoms with Crippen molar-refractivity contribution in [2.45, 2.75) is 12.8 Å². The Balaban J connectivity index is 2.09. The summed E-state index contributed by atoms with van der Waals surface area (Å²) in [5.41, 5.74) is 2.80. The molecule has 0 bridgehead atoms. The molecule has 0 saturated carbocycles. The zero-order chi connectivity index (χ0) is 9.10. The second-order valence-corrected chi connectivity index (χ2v) is 3.44. The van der Waals surface area contributed by atoms with Crippen LogP contribution >= 0.6 is 0 Å². The molecule has 1 N–H and O–H groups in total. The zero-order valence-corrected chi connectivity index (χ0v) is 7.74. The largest absolute Gasteiger partial charge is 0.396 e. The number of aliphatic hydroxyl groups is 1. The van der Waals surface area contributed by atoms with E-state index < -0.39 is 0 Å². The molecule has 1 aliphatic heterocycles. The minimum Gasteiger partial charge on any atom is -0.396 e. The highest BCUT2D eigenvalue weighted by molar-refractivity contribution is 5.57. The number of nitrogens with zero attached hydrogens (tertiary/aromatic N) is 1. The molecule has 0 aromatic heterocycles. The predicted molar refractivity (Wildman–Crippen MR) is 54.1 cm³/mol. The molecular formula is C11H15NO. The molecule has 0 atom stereocenters. The average molecular weight is 177 g/mol. The van der Waals surface area contributed by atoms with Gasteiger partial charge < -0.3 is 10.0 Å². The van der Waals surface area contributed by atoms with E-state index in [-0.39, 0.29) is 0 Å². The van der Waals surface area contributed by atoms with Crippen LogP contribution in [0.3, 0.4) is 0 Å². The van der Waals surface area contributed by atoms with Crippen LogP contribution in [0.5, 0.6) is 0 Å². The first-order valence-electron chi connectivity index (χ1n) is 4.85. The Morgan fingerprint density at radius 3 is 3.00 bits per heavy atom. The molecule has 0 spiro atoms. The molecule has 0 aliphatic carbocycles. The van der Waals surface area contributed by atoms with E-state index >= 15 is 0 Å². The molecule has 0 unspecified atom stereocenters. The number of fused-ring (bicyclic) bond motifs is 1. The van der Waals surface area contributed by atoms with E-state index in [9.17, 15) is 0 Å². The number of anilines is 1. The third kappa shape index (κ3) is 1.68. The zero-order valence-electron chi connectivity index (χ0n) is 7.74. The summed E-state index contributed by atoms with van der Waals surface area (Å²) in [6, 6.07) is 8.53. The van der Waals surface area contributed by atoms with Gasteiger partial charge in [-0.05, 0) is 24.5 Å². The lowest BCUT2D eigenvalue weighted by Gasteiger charge is -2.18. The van der Waals surface area contributed by atoms with Crippen LogP contribution < -0.4 is 4.90 Å². The van der Waals surface area contributed by atoms with Gasteiger partial charge in [0.25, 0.3) is 0 Å². The van der Waals surface area contributed by atoms with E-state index in [1.54, 1.807) is 0 Å². The van der Waals surface area contributed by atoms with Crippen LogP contribution in [-0.4, -0.2) is 24.8 Å². The van der Waals surface area contributed by atoms with E-state index in [0.717, 1.165) is 25.9 Å². The summed E-state index contributed by atoms with van der Waals surface area (Å²) in [7, 11) is 0. The number of rotatable bonds is 3. The molecule has 0 fully saturated rings. The van der Waals surface area contributed by atoms with Gasteiger partial charge in [-0.2, -0.15) is 0 Å². The molecule has 1 aliphatic rings. The van der Waals surface area contributed by atoms with Gasteiger partial charge in [-0.1, -0.05) is 18.2 Å².